The summed E-state index contributed by atoms with van der Waals surface area (Å²) in [6.45, 7) is 1.65. The van der Waals surface area contributed by atoms with Gasteiger partial charge in [-0.3, -0.25) is 14.9 Å². The summed E-state index contributed by atoms with van der Waals surface area (Å²) in [5, 5.41) is 3.30. The molecule has 1 atom stereocenters. The number of hydrogen-bond acceptors (Lipinski definition) is 3. The van der Waals surface area contributed by atoms with E-state index in [2.05, 4.69) is 5.10 Å². The minimum absolute atomic E-state index is 0.294. The Morgan fingerprint density at radius 3 is 2.69 bits per heavy atom. The summed E-state index contributed by atoms with van der Waals surface area (Å²) in [4.78, 5) is 11.2. The van der Waals surface area contributed by atoms with E-state index in [1.807, 2.05) is 5.43 Å². The van der Waals surface area contributed by atoms with Crippen molar-refractivity contribution in [1.82, 2.24) is 15.2 Å². The summed E-state index contributed by atoms with van der Waals surface area (Å²) in [5.74, 6) is 4.33. The number of rotatable bonds is 3. The topological polar surface area (TPSA) is 72.9 Å². The fraction of sp³-hybridized carbons (Fsp3) is 0.500. The average Bonchev–Trinajstić information content (AvgIpc) is 2.67. The molecule has 0 fully saturated rings. The van der Waals surface area contributed by atoms with Gasteiger partial charge in [-0.1, -0.05) is 6.92 Å². The molecular formula is C8H11F3N4O. The number of aromatic nitrogens is 2. The van der Waals surface area contributed by atoms with Crippen molar-refractivity contribution in [3.8, 4) is 0 Å². The van der Waals surface area contributed by atoms with Crippen LogP contribution in [0, 0.1) is 0 Å². The van der Waals surface area contributed by atoms with Crippen LogP contribution in [0.5, 0.6) is 0 Å². The number of carbonyl (C=O) groups is 1. The molecule has 1 heterocycles. The molecule has 90 valence electrons. The van der Waals surface area contributed by atoms with Crippen molar-refractivity contribution in [2.24, 2.45) is 5.84 Å². The fourth-order valence-electron chi connectivity index (χ4n) is 1.25. The maximum atomic E-state index is 12.3. The largest absolute Gasteiger partial charge is 0.435 e. The second-order valence-corrected chi connectivity index (χ2v) is 3.11. The van der Waals surface area contributed by atoms with Gasteiger partial charge in [0.15, 0.2) is 5.69 Å². The summed E-state index contributed by atoms with van der Waals surface area (Å²) in [5.41, 5.74) is 0.850. The highest BCUT2D eigenvalue weighted by Gasteiger charge is 2.34. The molecule has 1 amide bonds. The molecule has 0 spiro atoms. The van der Waals surface area contributed by atoms with Gasteiger partial charge in [-0.25, -0.2) is 5.84 Å². The van der Waals surface area contributed by atoms with E-state index in [4.69, 9.17) is 5.84 Å². The highest BCUT2D eigenvalue weighted by atomic mass is 19.4. The molecule has 16 heavy (non-hydrogen) atoms. The van der Waals surface area contributed by atoms with Gasteiger partial charge < -0.3 is 0 Å². The third kappa shape index (κ3) is 2.51. The van der Waals surface area contributed by atoms with Crippen molar-refractivity contribution in [3.63, 3.8) is 0 Å². The lowest BCUT2D eigenvalue weighted by Gasteiger charge is -2.13. The minimum atomic E-state index is -4.51. The third-order valence-corrected chi connectivity index (χ3v) is 2.05. The molecule has 0 saturated heterocycles. The summed E-state index contributed by atoms with van der Waals surface area (Å²) in [6.07, 6.45) is -3.11. The zero-order chi connectivity index (χ0) is 12.3. The van der Waals surface area contributed by atoms with Gasteiger partial charge in [0.25, 0.3) is 5.91 Å². The molecule has 0 aliphatic carbocycles. The monoisotopic (exact) mass is 236 g/mol. The summed E-state index contributed by atoms with van der Waals surface area (Å²) < 4.78 is 37.7. The van der Waals surface area contributed by atoms with E-state index in [9.17, 15) is 18.0 Å². The molecule has 5 nitrogen and oxygen atoms in total. The minimum Gasteiger partial charge on any atom is -0.292 e. The molecule has 1 aromatic rings. The second kappa shape index (κ2) is 4.52. The van der Waals surface area contributed by atoms with Crippen molar-refractivity contribution in [1.29, 1.82) is 0 Å². The first-order chi connectivity index (χ1) is 7.40. The zero-order valence-corrected chi connectivity index (χ0v) is 8.45. The molecule has 1 unspecified atom stereocenters. The van der Waals surface area contributed by atoms with Crippen LogP contribution in [-0.2, 0) is 11.0 Å². The molecule has 1 aromatic heterocycles. The van der Waals surface area contributed by atoms with E-state index in [-0.39, 0.29) is 0 Å². The smallest absolute Gasteiger partial charge is 0.292 e. The van der Waals surface area contributed by atoms with Gasteiger partial charge >= 0.3 is 6.18 Å². The Morgan fingerprint density at radius 2 is 2.31 bits per heavy atom. The molecule has 0 saturated carbocycles. The summed E-state index contributed by atoms with van der Waals surface area (Å²) in [7, 11) is 0. The molecule has 0 bridgehead atoms. The number of carbonyl (C=O) groups excluding carboxylic acids is 1. The number of hydrogen-bond donors (Lipinski definition) is 2. The van der Waals surface area contributed by atoms with Crippen LogP contribution in [0.1, 0.15) is 25.1 Å². The van der Waals surface area contributed by atoms with Crippen molar-refractivity contribution >= 4 is 5.91 Å². The van der Waals surface area contributed by atoms with Gasteiger partial charge in [-0.15, -0.1) is 0 Å². The lowest BCUT2D eigenvalue weighted by Crippen LogP contribution is -2.37. The lowest BCUT2D eigenvalue weighted by molar-refractivity contribution is -0.142. The number of alkyl halides is 3. The van der Waals surface area contributed by atoms with Crippen LogP contribution in [0.2, 0.25) is 0 Å². The summed E-state index contributed by atoms with van der Waals surface area (Å²) >= 11 is 0. The Balaban J connectivity index is 2.96. The van der Waals surface area contributed by atoms with Gasteiger partial charge in [0.2, 0.25) is 0 Å². The average molecular weight is 236 g/mol. The molecular weight excluding hydrogens is 225 g/mol. The van der Waals surface area contributed by atoms with E-state index in [0.717, 1.165) is 16.9 Å². The van der Waals surface area contributed by atoms with Gasteiger partial charge in [-0.2, -0.15) is 18.3 Å². The maximum Gasteiger partial charge on any atom is 0.435 e. The maximum absolute atomic E-state index is 12.3. The number of nitrogens with one attached hydrogen (secondary N) is 1. The van der Waals surface area contributed by atoms with Crippen LogP contribution in [-0.4, -0.2) is 15.7 Å². The van der Waals surface area contributed by atoms with Crippen LogP contribution in [0.25, 0.3) is 0 Å². The van der Waals surface area contributed by atoms with Crippen molar-refractivity contribution in [2.75, 3.05) is 0 Å². The number of nitrogens with two attached hydrogens (primary N) is 1. The Labute approximate surface area is 89.4 Å². The molecule has 1 rings (SSSR count). The van der Waals surface area contributed by atoms with Crippen LogP contribution >= 0.6 is 0 Å². The van der Waals surface area contributed by atoms with Gasteiger partial charge in [0.1, 0.15) is 6.04 Å². The Bertz CT molecular complexity index is 374. The first kappa shape index (κ1) is 12.5. The number of amides is 1. The van der Waals surface area contributed by atoms with Crippen LogP contribution in [0.4, 0.5) is 13.2 Å². The zero-order valence-electron chi connectivity index (χ0n) is 8.45. The van der Waals surface area contributed by atoms with E-state index in [0.29, 0.717) is 6.42 Å². The van der Waals surface area contributed by atoms with E-state index in [1.165, 1.54) is 0 Å². The van der Waals surface area contributed by atoms with Crippen molar-refractivity contribution < 1.29 is 18.0 Å². The Morgan fingerprint density at radius 1 is 1.69 bits per heavy atom. The number of halogens is 3. The van der Waals surface area contributed by atoms with E-state index >= 15 is 0 Å². The first-order valence-corrected chi connectivity index (χ1v) is 4.53. The Hall–Kier alpha value is -1.57. The molecule has 0 radical (unpaired) electrons. The second-order valence-electron chi connectivity index (χ2n) is 3.11. The molecule has 0 aromatic carbocycles. The quantitative estimate of drug-likeness (QED) is 0.464. The van der Waals surface area contributed by atoms with Crippen LogP contribution in [0.15, 0.2) is 12.3 Å². The lowest BCUT2D eigenvalue weighted by atomic mass is 10.2. The van der Waals surface area contributed by atoms with Crippen molar-refractivity contribution in [2.45, 2.75) is 25.6 Å². The van der Waals surface area contributed by atoms with Crippen LogP contribution in [0.3, 0.4) is 0 Å². The predicted molar refractivity (Wildman–Crippen MR) is 48.9 cm³/mol. The van der Waals surface area contributed by atoms with E-state index < -0.39 is 23.8 Å². The molecule has 8 heteroatoms. The SMILES string of the molecule is CCC(C(=O)NN)n1ccc(C(F)(F)F)n1. The van der Waals surface area contributed by atoms with Crippen molar-refractivity contribution in [3.05, 3.63) is 18.0 Å². The summed E-state index contributed by atoms with van der Waals surface area (Å²) in [6, 6.07) is -0.0204. The third-order valence-electron chi connectivity index (χ3n) is 2.05. The predicted octanol–water partition coefficient (Wildman–Crippen LogP) is 0.843. The molecule has 0 aliphatic heterocycles. The molecule has 0 aliphatic rings. The molecule has 3 N–H and O–H groups in total. The first-order valence-electron chi connectivity index (χ1n) is 4.53. The van der Waals surface area contributed by atoms with Gasteiger partial charge in [0.05, 0.1) is 0 Å². The van der Waals surface area contributed by atoms with Crippen LogP contribution < -0.4 is 11.3 Å². The number of hydrazine groups is 1. The Kier molecular flexibility index (Phi) is 3.53. The standard InChI is InChI=1S/C8H11F3N4O/c1-2-5(7(16)13-12)15-4-3-6(14-15)8(9,10)11/h3-5H,2,12H2,1H3,(H,13,16). The van der Waals surface area contributed by atoms with Gasteiger partial charge in [-0.05, 0) is 12.5 Å². The number of nitrogens with zero attached hydrogens (tertiary/aromatic N) is 2. The highest BCUT2D eigenvalue weighted by Crippen LogP contribution is 2.28. The van der Waals surface area contributed by atoms with Gasteiger partial charge in [0, 0.05) is 6.20 Å². The van der Waals surface area contributed by atoms with E-state index in [1.54, 1.807) is 6.92 Å². The highest BCUT2D eigenvalue weighted by molar-refractivity contribution is 5.79. The fourth-order valence-corrected chi connectivity index (χ4v) is 1.25. The normalized spacial score (nSPS) is 13.6.